The highest BCUT2D eigenvalue weighted by atomic mass is 32.2. The number of para-hydroxylation sites is 1. The van der Waals surface area contributed by atoms with E-state index in [-0.39, 0.29) is 33.6 Å². The molecule has 0 unspecified atom stereocenters. The van der Waals surface area contributed by atoms with Gasteiger partial charge in [-0.15, -0.1) is 0 Å². The number of ether oxygens (including phenoxy) is 4. The van der Waals surface area contributed by atoms with Crippen molar-refractivity contribution in [3.63, 3.8) is 0 Å². The van der Waals surface area contributed by atoms with Gasteiger partial charge in [0.05, 0.1) is 40.9 Å². The third kappa shape index (κ3) is 8.76. The maximum absolute atomic E-state index is 13.1. The van der Waals surface area contributed by atoms with E-state index in [1.54, 1.807) is 37.4 Å². The molecule has 1 amide bonds. The lowest BCUT2D eigenvalue weighted by Gasteiger charge is -2.37. The number of anilines is 1. The molecule has 18 nitrogen and oxygen atoms in total. The quantitative estimate of drug-likeness (QED) is 0.0410. The number of non-ortho nitro benzene ring substituents is 1. The molecule has 5 aromatic carbocycles. The summed E-state index contributed by atoms with van der Waals surface area (Å²) in [4.78, 5) is 48.6. The highest BCUT2D eigenvalue weighted by Gasteiger charge is 2.47. The molecular weight excluding hydrogens is 835 g/mol. The standard InChI is InChI=1S/C44H37N7O11S/c1-59-31-20-17-29(18-21-31)44(27-11-5-2-6-12-27,28-13-7-3-8-14-28)61-24-34-38(53)39(54)42(62-34)49-26-45-37-40(49)47-43(46-36(52)25-60-32-15-9-4-10-16-32)48-41(37)63-35-22-19-30(50(55)56)23-33(35)51(57)58/h2-23,26,34,38-39,42,53-54H,24-25H2,1H3,(H,46,47,48,52)/t34-,38-,39-,42-/m1/s1. The Bertz CT molecular complexity index is 2710. The Kier molecular flexibility index (Phi) is 12.4. The summed E-state index contributed by atoms with van der Waals surface area (Å²) < 4.78 is 25.7. The van der Waals surface area contributed by atoms with Gasteiger partial charge in [-0.2, -0.15) is 4.98 Å². The Balaban J connectivity index is 1.14. The fourth-order valence-corrected chi connectivity index (χ4v) is 8.16. The number of hydrogen-bond donors (Lipinski definition) is 3. The van der Waals surface area contributed by atoms with Crippen LogP contribution in [0.25, 0.3) is 11.2 Å². The van der Waals surface area contributed by atoms with Crippen LogP contribution in [0.5, 0.6) is 11.5 Å². The van der Waals surface area contributed by atoms with E-state index in [9.17, 15) is 35.2 Å². The smallest absolute Gasteiger partial charge is 0.290 e. The molecule has 7 aromatic rings. The van der Waals surface area contributed by atoms with E-state index >= 15 is 0 Å². The SMILES string of the molecule is COc1ccc(C(OC[C@H]2O[C@@H](n3cnc4c(Sc5ccc([N+](=O)[O-])cc5[N+](=O)[O-])nc(NC(=O)COc5ccccc5)nc43)[C@H](O)[C@@H]2O)(c2ccccc2)c2ccccc2)cc1. The van der Waals surface area contributed by atoms with Gasteiger partial charge in [0, 0.05) is 6.07 Å². The zero-order valence-electron chi connectivity index (χ0n) is 33.2. The summed E-state index contributed by atoms with van der Waals surface area (Å²) in [7, 11) is 1.58. The molecule has 8 rings (SSSR count). The lowest BCUT2D eigenvalue weighted by Crippen LogP contribution is -2.39. The lowest BCUT2D eigenvalue weighted by atomic mass is 9.80. The van der Waals surface area contributed by atoms with Gasteiger partial charge in [0.15, 0.2) is 18.5 Å². The van der Waals surface area contributed by atoms with E-state index in [0.717, 1.165) is 40.6 Å². The van der Waals surface area contributed by atoms with Crippen LogP contribution in [0, 0.1) is 20.2 Å². The summed E-state index contributed by atoms with van der Waals surface area (Å²) in [5.41, 5.74) is 0.116. The number of amides is 1. The predicted octanol–water partition coefficient (Wildman–Crippen LogP) is 6.45. The van der Waals surface area contributed by atoms with Gasteiger partial charge >= 0.3 is 0 Å². The molecule has 63 heavy (non-hydrogen) atoms. The normalized spacial score (nSPS) is 17.3. The zero-order valence-corrected chi connectivity index (χ0v) is 34.0. The highest BCUT2D eigenvalue weighted by Crippen LogP contribution is 2.43. The molecule has 0 saturated carbocycles. The molecule has 2 aromatic heterocycles. The summed E-state index contributed by atoms with van der Waals surface area (Å²) in [5.74, 6) is 0.160. The minimum absolute atomic E-state index is 0.00955. The predicted molar refractivity (Wildman–Crippen MR) is 227 cm³/mol. The van der Waals surface area contributed by atoms with E-state index in [0.29, 0.717) is 11.5 Å². The molecule has 1 aliphatic heterocycles. The number of benzene rings is 5. The van der Waals surface area contributed by atoms with Crippen LogP contribution in [-0.4, -0.2) is 84.1 Å². The third-order valence-corrected chi connectivity index (χ3v) is 11.3. The molecule has 1 aliphatic rings. The summed E-state index contributed by atoms with van der Waals surface area (Å²) in [6.07, 6.45) is -4.18. The van der Waals surface area contributed by atoms with Crippen molar-refractivity contribution in [3.05, 3.63) is 177 Å². The van der Waals surface area contributed by atoms with Crippen LogP contribution in [-0.2, 0) is 19.9 Å². The van der Waals surface area contributed by atoms with Crippen molar-refractivity contribution in [1.29, 1.82) is 0 Å². The molecule has 4 atom stereocenters. The number of nitrogens with one attached hydrogen (secondary N) is 1. The number of nitrogens with zero attached hydrogens (tertiary/aromatic N) is 6. The number of carbonyl (C=O) groups is 1. The largest absolute Gasteiger partial charge is 0.497 e. The Hall–Kier alpha value is -7.29. The summed E-state index contributed by atoms with van der Waals surface area (Å²) in [5, 5.41) is 49.3. The number of carbonyl (C=O) groups excluding carboxylic acids is 1. The van der Waals surface area contributed by atoms with Crippen molar-refractivity contribution in [1.82, 2.24) is 19.5 Å². The molecule has 1 fully saturated rings. The van der Waals surface area contributed by atoms with E-state index in [4.69, 9.17) is 18.9 Å². The van der Waals surface area contributed by atoms with Gasteiger partial charge in [-0.3, -0.25) is 34.9 Å². The van der Waals surface area contributed by atoms with E-state index in [2.05, 4.69) is 20.3 Å². The summed E-state index contributed by atoms with van der Waals surface area (Å²) in [6, 6.07) is 38.3. The van der Waals surface area contributed by atoms with E-state index in [1.807, 2.05) is 84.9 Å². The van der Waals surface area contributed by atoms with Crippen molar-refractivity contribution in [2.45, 2.75) is 40.1 Å². The number of imidazole rings is 1. The van der Waals surface area contributed by atoms with Crippen molar-refractivity contribution < 1.29 is 43.8 Å². The first-order valence-corrected chi connectivity index (χ1v) is 20.1. The van der Waals surface area contributed by atoms with Crippen molar-refractivity contribution in [3.8, 4) is 11.5 Å². The van der Waals surface area contributed by atoms with Gasteiger partial charge in [-0.25, -0.2) is 9.97 Å². The number of hydrogen-bond acceptors (Lipinski definition) is 15. The molecule has 3 heterocycles. The molecule has 3 N–H and O–H groups in total. The van der Waals surface area contributed by atoms with Gasteiger partial charge < -0.3 is 29.2 Å². The van der Waals surface area contributed by atoms with Crippen LogP contribution < -0.4 is 14.8 Å². The molecule has 0 aliphatic carbocycles. The van der Waals surface area contributed by atoms with Crippen LogP contribution in [0.1, 0.15) is 22.9 Å². The van der Waals surface area contributed by atoms with Gasteiger partial charge in [0.25, 0.3) is 17.3 Å². The molecule has 1 saturated heterocycles. The number of rotatable bonds is 16. The van der Waals surface area contributed by atoms with E-state index < -0.39 is 63.9 Å². The number of aromatic nitrogens is 4. The Morgan fingerprint density at radius 2 is 1.46 bits per heavy atom. The van der Waals surface area contributed by atoms with Crippen LogP contribution in [0.4, 0.5) is 17.3 Å². The number of nitro groups is 2. The molecule has 320 valence electrons. The minimum atomic E-state index is -1.56. The van der Waals surface area contributed by atoms with Gasteiger partial charge in [-0.05, 0) is 47.0 Å². The number of nitro benzene ring substituents is 2. The highest BCUT2D eigenvalue weighted by molar-refractivity contribution is 7.99. The van der Waals surface area contributed by atoms with Gasteiger partial charge in [0.1, 0.15) is 46.0 Å². The summed E-state index contributed by atoms with van der Waals surface area (Å²) >= 11 is 0.754. The van der Waals surface area contributed by atoms with Crippen LogP contribution >= 0.6 is 11.8 Å². The Labute approximate surface area is 362 Å². The second kappa shape index (κ2) is 18.4. The van der Waals surface area contributed by atoms with Crippen LogP contribution in [0.2, 0.25) is 0 Å². The van der Waals surface area contributed by atoms with Crippen LogP contribution in [0.15, 0.2) is 150 Å². The van der Waals surface area contributed by atoms with Crippen molar-refractivity contribution >= 4 is 46.2 Å². The average Bonchev–Trinajstić information content (AvgIpc) is 3.86. The maximum atomic E-state index is 13.1. The number of methoxy groups -OCH3 is 1. The lowest BCUT2D eigenvalue weighted by molar-refractivity contribution is -0.396. The molecule has 0 spiro atoms. The Morgan fingerprint density at radius 1 is 0.825 bits per heavy atom. The maximum Gasteiger partial charge on any atom is 0.290 e. The number of aliphatic hydroxyl groups excluding tert-OH is 2. The van der Waals surface area contributed by atoms with Gasteiger partial charge in [-0.1, -0.05) is 103 Å². The molecular formula is C44H37N7O11S. The van der Waals surface area contributed by atoms with Gasteiger partial charge in [0.2, 0.25) is 5.95 Å². The zero-order chi connectivity index (χ0) is 44.1. The minimum Gasteiger partial charge on any atom is -0.497 e. The fraction of sp³-hybridized carbons (Fsp3) is 0.182. The third-order valence-electron chi connectivity index (χ3n) is 10.2. The fourth-order valence-electron chi connectivity index (χ4n) is 7.21. The molecule has 19 heteroatoms. The topological polar surface area (TPSA) is 236 Å². The average molecular weight is 872 g/mol. The second-order valence-electron chi connectivity index (χ2n) is 14.1. The first-order chi connectivity index (χ1) is 30.5. The summed E-state index contributed by atoms with van der Waals surface area (Å²) in [6.45, 7) is -0.650. The number of fused-ring (bicyclic) bond motifs is 1. The number of aliphatic hydroxyl groups is 2. The molecule has 0 radical (unpaired) electrons. The first-order valence-electron chi connectivity index (χ1n) is 19.3. The Morgan fingerprint density at radius 3 is 2.08 bits per heavy atom. The van der Waals surface area contributed by atoms with Crippen molar-refractivity contribution in [2.75, 3.05) is 25.6 Å². The first kappa shape index (κ1) is 42.4. The monoisotopic (exact) mass is 871 g/mol. The van der Waals surface area contributed by atoms with E-state index in [1.165, 1.54) is 17.0 Å². The van der Waals surface area contributed by atoms with Crippen LogP contribution in [0.3, 0.4) is 0 Å². The molecule has 0 bridgehead atoms. The van der Waals surface area contributed by atoms with Crippen molar-refractivity contribution in [2.24, 2.45) is 0 Å². The second-order valence-corrected chi connectivity index (χ2v) is 15.1.